The molecule has 4 aliphatic carbocycles. The third-order valence-electron chi connectivity index (χ3n) is 10.8. The first-order chi connectivity index (χ1) is 18.9. The van der Waals surface area contributed by atoms with Crippen molar-refractivity contribution in [1.82, 2.24) is 9.78 Å². The number of nitrogens with zero attached hydrogens (tertiary/aromatic N) is 2. The molecule has 0 spiro atoms. The van der Waals surface area contributed by atoms with Crippen LogP contribution in [0.15, 0.2) is 36.0 Å². The van der Waals surface area contributed by atoms with E-state index in [-0.39, 0.29) is 47.3 Å². The average molecular weight is 567 g/mol. The molecule has 4 unspecified atom stereocenters. The van der Waals surface area contributed by atoms with Gasteiger partial charge in [-0.2, -0.15) is 5.10 Å². The van der Waals surface area contributed by atoms with Crippen LogP contribution in [0.5, 0.6) is 0 Å². The van der Waals surface area contributed by atoms with Crippen LogP contribution in [0.2, 0.25) is 0 Å². The Morgan fingerprint density at radius 2 is 1.95 bits per heavy atom. The molecular formula is C32H39FN2O4S. The Hall–Kier alpha value is -2.45. The van der Waals surface area contributed by atoms with E-state index in [4.69, 9.17) is 4.74 Å². The number of esters is 1. The minimum absolute atomic E-state index is 0.0186. The monoisotopic (exact) mass is 566 g/mol. The van der Waals surface area contributed by atoms with Gasteiger partial charge in [-0.1, -0.05) is 33.3 Å². The first-order valence-electron chi connectivity index (χ1n) is 14.6. The molecule has 0 radical (unpaired) electrons. The minimum atomic E-state index is -1.31. The average Bonchev–Trinajstić information content (AvgIpc) is 3.40. The molecule has 8 heteroatoms. The Kier molecular flexibility index (Phi) is 6.61. The number of fused-ring (bicyclic) bond motifs is 6. The summed E-state index contributed by atoms with van der Waals surface area (Å²) in [6, 6.07) is 6.37. The Morgan fingerprint density at radius 1 is 1.23 bits per heavy atom. The van der Waals surface area contributed by atoms with Crippen LogP contribution in [-0.2, 0) is 20.7 Å². The second kappa shape index (κ2) is 9.55. The Morgan fingerprint density at radius 3 is 2.62 bits per heavy atom. The van der Waals surface area contributed by atoms with Gasteiger partial charge in [-0.3, -0.25) is 9.59 Å². The zero-order chi connectivity index (χ0) is 28.6. The molecule has 1 aromatic heterocycles. The molecule has 3 saturated carbocycles. The van der Waals surface area contributed by atoms with Gasteiger partial charge in [-0.15, -0.1) is 12.6 Å². The van der Waals surface area contributed by atoms with Gasteiger partial charge in [0.1, 0.15) is 5.82 Å². The second-order valence-electron chi connectivity index (χ2n) is 13.5. The lowest BCUT2D eigenvalue weighted by Gasteiger charge is -2.60. The number of aliphatic hydroxyl groups excluding tert-OH is 1. The highest BCUT2D eigenvalue weighted by molar-refractivity contribution is 7.96. The first kappa shape index (κ1) is 27.7. The molecule has 0 amide bonds. The summed E-state index contributed by atoms with van der Waals surface area (Å²) in [7, 11) is 0. The molecular weight excluding hydrogens is 527 g/mol. The number of aliphatic hydroxyl groups is 1. The van der Waals surface area contributed by atoms with Gasteiger partial charge in [0, 0.05) is 11.8 Å². The van der Waals surface area contributed by atoms with Crippen LogP contribution in [-0.4, -0.2) is 37.7 Å². The number of hydrogen-bond donors (Lipinski definition) is 2. The van der Waals surface area contributed by atoms with Crippen molar-refractivity contribution < 1.29 is 23.8 Å². The highest BCUT2D eigenvalue weighted by atomic mass is 32.1. The summed E-state index contributed by atoms with van der Waals surface area (Å²) < 4.78 is 21.5. The van der Waals surface area contributed by atoms with Gasteiger partial charge in [0.15, 0.2) is 5.60 Å². The molecule has 7 atom stereocenters. The number of rotatable bonds is 5. The highest BCUT2D eigenvalue weighted by Crippen LogP contribution is 2.68. The molecule has 0 bridgehead atoms. The molecule has 0 saturated heterocycles. The third-order valence-corrected chi connectivity index (χ3v) is 11.2. The summed E-state index contributed by atoms with van der Waals surface area (Å²) in [4.78, 5) is 26.0. The number of aromatic nitrogens is 2. The van der Waals surface area contributed by atoms with Crippen LogP contribution in [0.1, 0.15) is 77.5 Å². The first-order valence-corrected chi connectivity index (χ1v) is 15.0. The highest BCUT2D eigenvalue weighted by Gasteiger charge is 2.70. The summed E-state index contributed by atoms with van der Waals surface area (Å²) >= 11 is 4.29. The zero-order valence-corrected chi connectivity index (χ0v) is 24.6. The largest absolute Gasteiger partial charge is 0.449 e. The van der Waals surface area contributed by atoms with E-state index in [9.17, 15) is 19.1 Å². The summed E-state index contributed by atoms with van der Waals surface area (Å²) in [5.41, 5.74) is 2.02. The van der Waals surface area contributed by atoms with Gasteiger partial charge in [-0.25, -0.2) is 9.07 Å². The number of carbonyl (C=O) groups is 2. The Labute approximate surface area is 240 Å². The third kappa shape index (κ3) is 3.96. The lowest BCUT2D eigenvalue weighted by atomic mass is 9.45. The standard InChI is InChI=1S/C32H39FN2O4S/c1-18(2)13-27(37)39-32(29(38)40)12-11-24-23-10-5-20-14-25-19(17-34-35(25)22-8-6-21(33)7-9-22)15-30(20,3)28(23)26(36)16-31(24,32)4/h6-9,14,17-18,23-24,26,28,36H,5,10-13,15-16H2,1-4H3,(H,38,40)/t23-,24-,26?,28+,30?,31?,32?/m0/s1. The molecule has 1 aromatic carbocycles. The predicted octanol–water partition coefficient (Wildman–Crippen LogP) is 5.95. The predicted molar refractivity (Wildman–Crippen MR) is 153 cm³/mol. The van der Waals surface area contributed by atoms with E-state index >= 15 is 0 Å². The van der Waals surface area contributed by atoms with E-state index in [1.165, 1.54) is 17.7 Å². The molecule has 214 valence electrons. The number of benzene rings is 1. The van der Waals surface area contributed by atoms with E-state index in [0.717, 1.165) is 42.6 Å². The maximum absolute atomic E-state index is 13.5. The van der Waals surface area contributed by atoms with Crippen molar-refractivity contribution in [2.24, 2.45) is 34.5 Å². The van der Waals surface area contributed by atoms with E-state index in [1.54, 1.807) is 12.1 Å². The number of ether oxygens (including phenoxy) is 1. The minimum Gasteiger partial charge on any atom is -0.449 e. The van der Waals surface area contributed by atoms with Crippen molar-refractivity contribution in [3.8, 4) is 5.69 Å². The molecule has 40 heavy (non-hydrogen) atoms. The number of halogens is 1. The molecule has 0 aliphatic heterocycles. The molecule has 1 heterocycles. The van der Waals surface area contributed by atoms with Gasteiger partial charge in [0.05, 0.1) is 23.7 Å². The topological polar surface area (TPSA) is 81.4 Å². The van der Waals surface area contributed by atoms with Crippen molar-refractivity contribution in [3.05, 3.63) is 53.1 Å². The zero-order valence-electron chi connectivity index (χ0n) is 23.7. The van der Waals surface area contributed by atoms with Crippen molar-refractivity contribution in [3.63, 3.8) is 0 Å². The van der Waals surface area contributed by atoms with Crippen molar-refractivity contribution >= 4 is 29.8 Å². The van der Waals surface area contributed by atoms with Crippen LogP contribution in [0.4, 0.5) is 4.39 Å². The molecule has 3 fully saturated rings. The van der Waals surface area contributed by atoms with Crippen LogP contribution in [0, 0.1) is 40.3 Å². The van der Waals surface area contributed by atoms with Gasteiger partial charge < -0.3 is 9.84 Å². The van der Waals surface area contributed by atoms with Gasteiger partial charge in [0.2, 0.25) is 5.12 Å². The maximum atomic E-state index is 13.5. The van der Waals surface area contributed by atoms with Crippen LogP contribution in [0.3, 0.4) is 0 Å². The van der Waals surface area contributed by atoms with Gasteiger partial charge >= 0.3 is 5.97 Å². The van der Waals surface area contributed by atoms with Crippen molar-refractivity contribution in [2.45, 2.75) is 84.3 Å². The second-order valence-corrected chi connectivity index (χ2v) is 13.9. The van der Waals surface area contributed by atoms with Crippen LogP contribution in [0.25, 0.3) is 11.8 Å². The molecule has 1 N–H and O–H groups in total. The normalized spacial score (nSPS) is 36.2. The van der Waals surface area contributed by atoms with E-state index in [1.807, 2.05) is 31.6 Å². The summed E-state index contributed by atoms with van der Waals surface area (Å²) in [6.07, 6.45) is 7.89. The number of hydrogen-bond acceptors (Lipinski definition) is 5. The quantitative estimate of drug-likeness (QED) is 0.345. The number of allylic oxidation sites excluding steroid dienone is 1. The molecule has 2 aromatic rings. The van der Waals surface area contributed by atoms with Gasteiger partial charge in [-0.05, 0) is 104 Å². The molecule has 6 rings (SSSR count). The molecule has 4 aliphatic rings. The summed E-state index contributed by atoms with van der Waals surface area (Å²) in [5, 5.41) is 16.2. The summed E-state index contributed by atoms with van der Waals surface area (Å²) in [5.74, 6) is -0.163. The van der Waals surface area contributed by atoms with Crippen LogP contribution >= 0.6 is 12.6 Å². The SMILES string of the molecule is CC(C)CC(=O)OC1(C(=O)S)CC[C@H]2[C@@H]3CCC4=Cc5c(cnn5-c5ccc(F)cc5)CC4(C)[C@H]3C(O)CC21C. The lowest BCUT2D eigenvalue weighted by Crippen LogP contribution is -2.62. The Balaban J connectivity index is 1.33. The van der Waals surface area contributed by atoms with Crippen molar-refractivity contribution in [2.75, 3.05) is 0 Å². The maximum Gasteiger partial charge on any atom is 0.307 e. The van der Waals surface area contributed by atoms with Crippen molar-refractivity contribution in [1.29, 1.82) is 0 Å². The smallest absolute Gasteiger partial charge is 0.307 e. The lowest BCUT2D eigenvalue weighted by molar-refractivity contribution is -0.196. The molecule has 6 nitrogen and oxygen atoms in total. The fourth-order valence-corrected chi connectivity index (χ4v) is 9.51. The van der Waals surface area contributed by atoms with E-state index < -0.39 is 22.2 Å². The van der Waals surface area contributed by atoms with E-state index in [0.29, 0.717) is 12.8 Å². The fourth-order valence-electron chi connectivity index (χ4n) is 9.09. The van der Waals surface area contributed by atoms with Crippen LogP contribution < -0.4 is 0 Å². The Bertz CT molecular complexity index is 1390. The number of thiol groups is 1. The number of carbonyl (C=O) groups excluding carboxylic acids is 2. The van der Waals surface area contributed by atoms with Gasteiger partial charge in [0.25, 0.3) is 0 Å². The van der Waals surface area contributed by atoms with E-state index in [2.05, 4.69) is 30.7 Å². The summed E-state index contributed by atoms with van der Waals surface area (Å²) in [6.45, 7) is 8.23. The fraction of sp³-hybridized carbons (Fsp3) is 0.594.